The molecule has 4 heteroatoms. The summed E-state index contributed by atoms with van der Waals surface area (Å²) in [5.74, 6) is 0.161. The molecule has 1 rings (SSSR count). The molecule has 1 aromatic carbocycles. The summed E-state index contributed by atoms with van der Waals surface area (Å²) in [6.45, 7) is 1.14. The highest BCUT2D eigenvalue weighted by molar-refractivity contribution is 5.96. The third kappa shape index (κ3) is 5.52. The molecule has 0 aromatic heterocycles. The van der Waals surface area contributed by atoms with Crippen molar-refractivity contribution in [3.63, 3.8) is 0 Å². The molecule has 0 aliphatic carbocycles. The highest BCUT2D eigenvalue weighted by Crippen LogP contribution is 2.01. The van der Waals surface area contributed by atoms with Gasteiger partial charge < -0.3 is 4.74 Å². The Balaban J connectivity index is 0.00000196. The number of nitrogens with one attached hydrogen (secondary N) is 1. The van der Waals surface area contributed by atoms with Gasteiger partial charge in [-0.15, -0.1) is 12.4 Å². The molecule has 0 bridgehead atoms. The Kier molecular flexibility index (Phi) is 7.91. The standard InChI is InChI=1S/C11H15NO2.ClH/c1-14-9-12-8-7-11(13)10-5-3-2-4-6-10;/h2-6,12H,7-9H2,1H3;1H. The third-order valence-electron chi connectivity index (χ3n) is 1.87. The molecule has 0 atom stereocenters. The molecule has 0 saturated heterocycles. The third-order valence-corrected chi connectivity index (χ3v) is 1.87. The molecular formula is C11H16ClNO2. The van der Waals surface area contributed by atoms with Crippen LogP contribution in [0.5, 0.6) is 0 Å². The van der Waals surface area contributed by atoms with Gasteiger partial charge in [0.1, 0.15) is 0 Å². The Bertz CT molecular complexity index is 277. The Morgan fingerprint density at radius 1 is 1.33 bits per heavy atom. The first-order chi connectivity index (χ1) is 6.84. The van der Waals surface area contributed by atoms with Crippen LogP contribution >= 0.6 is 12.4 Å². The zero-order valence-corrected chi connectivity index (χ0v) is 9.55. The average Bonchev–Trinajstić information content (AvgIpc) is 2.25. The molecule has 0 heterocycles. The lowest BCUT2D eigenvalue weighted by Crippen LogP contribution is -2.20. The molecule has 84 valence electrons. The molecule has 0 amide bonds. The fraction of sp³-hybridized carbons (Fsp3) is 0.364. The molecule has 1 N–H and O–H groups in total. The number of halogens is 1. The predicted molar refractivity (Wildman–Crippen MR) is 62.5 cm³/mol. The smallest absolute Gasteiger partial charge is 0.164 e. The van der Waals surface area contributed by atoms with Crippen LogP contribution in [0, 0.1) is 0 Å². The highest BCUT2D eigenvalue weighted by atomic mass is 35.5. The number of Topliss-reactive ketones (excluding diaryl/α,β-unsaturated/α-hetero) is 1. The fourth-order valence-electron chi connectivity index (χ4n) is 1.14. The number of rotatable bonds is 6. The van der Waals surface area contributed by atoms with Crippen molar-refractivity contribution in [3.05, 3.63) is 35.9 Å². The molecule has 0 saturated carbocycles. The lowest BCUT2D eigenvalue weighted by Gasteiger charge is -2.02. The van der Waals surface area contributed by atoms with Gasteiger partial charge in [-0.1, -0.05) is 30.3 Å². The second-order valence-corrected chi connectivity index (χ2v) is 2.97. The summed E-state index contributed by atoms with van der Waals surface area (Å²) in [4.78, 5) is 11.5. The molecule has 0 aliphatic rings. The van der Waals surface area contributed by atoms with Crippen LogP contribution in [0.1, 0.15) is 16.8 Å². The van der Waals surface area contributed by atoms with E-state index in [1.165, 1.54) is 0 Å². The highest BCUT2D eigenvalue weighted by Gasteiger charge is 2.03. The monoisotopic (exact) mass is 229 g/mol. The first-order valence-electron chi connectivity index (χ1n) is 4.62. The van der Waals surface area contributed by atoms with E-state index in [0.717, 1.165) is 5.56 Å². The van der Waals surface area contributed by atoms with E-state index in [9.17, 15) is 4.79 Å². The maximum Gasteiger partial charge on any atom is 0.164 e. The summed E-state index contributed by atoms with van der Waals surface area (Å²) < 4.78 is 4.81. The number of ether oxygens (including phenoxy) is 1. The maximum atomic E-state index is 11.5. The molecule has 1 aromatic rings. The normalized spacial score (nSPS) is 9.40. The van der Waals surface area contributed by atoms with E-state index < -0.39 is 0 Å². The van der Waals surface area contributed by atoms with E-state index in [2.05, 4.69) is 5.32 Å². The number of carbonyl (C=O) groups is 1. The van der Waals surface area contributed by atoms with Crippen LogP contribution in [0.2, 0.25) is 0 Å². The minimum absolute atomic E-state index is 0. The first-order valence-corrected chi connectivity index (χ1v) is 4.62. The summed E-state index contributed by atoms with van der Waals surface area (Å²) in [7, 11) is 1.62. The van der Waals surface area contributed by atoms with Crippen molar-refractivity contribution in [1.82, 2.24) is 5.32 Å². The average molecular weight is 230 g/mol. The summed E-state index contributed by atoms with van der Waals surface area (Å²) in [6.07, 6.45) is 0.507. The van der Waals surface area contributed by atoms with Crippen molar-refractivity contribution in [2.24, 2.45) is 0 Å². The molecule has 15 heavy (non-hydrogen) atoms. The topological polar surface area (TPSA) is 38.3 Å². The van der Waals surface area contributed by atoms with Crippen LogP contribution in [-0.4, -0.2) is 26.2 Å². The molecule has 0 aliphatic heterocycles. The van der Waals surface area contributed by atoms with Crippen molar-refractivity contribution >= 4 is 18.2 Å². The van der Waals surface area contributed by atoms with Gasteiger partial charge in [0, 0.05) is 25.6 Å². The SMILES string of the molecule is COCNCCC(=O)c1ccccc1.Cl. The second-order valence-electron chi connectivity index (χ2n) is 2.97. The van der Waals surface area contributed by atoms with Gasteiger partial charge in [-0.3, -0.25) is 10.1 Å². The predicted octanol–water partition coefficient (Wildman–Crippen LogP) is 1.87. The zero-order valence-electron chi connectivity index (χ0n) is 8.73. The van der Waals surface area contributed by atoms with Crippen molar-refractivity contribution in [2.45, 2.75) is 6.42 Å². The van der Waals surface area contributed by atoms with Crippen LogP contribution in [0.3, 0.4) is 0 Å². The van der Waals surface area contributed by atoms with E-state index in [1.54, 1.807) is 7.11 Å². The number of hydrogen-bond donors (Lipinski definition) is 1. The Morgan fingerprint density at radius 3 is 2.60 bits per heavy atom. The Hall–Kier alpha value is -0.900. The van der Waals surface area contributed by atoms with E-state index in [-0.39, 0.29) is 18.2 Å². The van der Waals surface area contributed by atoms with Crippen molar-refractivity contribution in [2.75, 3.05) is 20.4 Å². The van der Waals surface area contributed by atoms with Gasteiger partial charge in [-0.25, -0.2) is 0 Å². The van der Waals surface area contributed by atoms with Crippen LogP contribution in [-0.2, 0) is 4.74 Å². The number of ketones is 1. The van der Waals surface area contributed by atoms with Gasteiger partial charge in [0.2, 0.25) is 0 Å². The van der Waals surface area contributed by atoms with Gasteiger partial charge in [0.15, 0.2) is 5.78 Å². The van der Waals surface area contributed by atoms with Crippen molar-refractivity contribution in [3.8, 4) is 0 Å². The van der Waals surface area contributed by atoms with Crippen LogP contribution in [0.25, 0.3) is 0 Å². The largest absolute Gasteiger partial charge is 0.370 e. The van der Waals surface area contributed by atoms with Gasteiger partial charge in [-0.05, 0) is 0 Å². The number of hydrogen-bond acceptors (Lipinski definition) is 3. The quantitative estimate of drug-likeness (QED) is 0.460. The molecule has 0 unspecified atom stereocenters. The number of carbonyl (C=O) groups excluding carboxylic acids is 1. The summed E-state index contributed by atoms with van der Waals surface area (Å²) >= 11 is 0. The molecular weight excluding hydrogens is 214 g/mol. The van der Waals surface area contributed by atoms with Crippen molar-refractivity contribution < 1.29 is 9.53 Å². The number of methoxy groups -OCH3 is 1. The van der Waals surface area contributed by atoms with Gasteiger partial charge >= 0.3 is 0 Å². The van der Waals surface area contributed by atoms with Crippen LogP contribution in [0.15, 0.2) is 30.3 Å². The minimum Gasteiger partial charge on any atom is -0.370 e. The Labute approximate surface area is 96.2 Å². The lowest BCUT2D eigenvalue weighted by molar-refractivity contribution is 0.0976. The summed E-state index contributed by atoms with van der Waals surface area (Å²) in [6, 6.07) is 9.31. The van der Waals surface area contributed by atoms with Gasteiger partial charge in [-0.2, -0.15) is 0 Å². The lowest BCUT2D eigenvalue weighted by atomic mass is 10.1. The van der Waals surface area contributed by atoms with E-state index in [0.29, 0.717) is 19.7 Å². The van der Waals surface area contributed by atoms with E-state index >= 15 is 0 Å². The summed E-state index contributed by atoms with van der Waals surface area (Å²) in [5, 5.41) is 2.99. The molecule has 3 nitrogen and oxygen atoms in total. The molecule has 0 spiro atoms. The van der Waals surface area contributed by atoms with Crippen LogP contribution in [0.4, 0.5) is 0 Å². The maximum absolute atomic E-state index is 11.5. The second kappa shape index (κ2) is 8.41. The van der Waals surface area contributed by atoms with E-state index in [4.69, 9.17) is 4.74 Å². The molecule has 0 radical (unpaired) electrons. The van der Waals surface area contributed by atoms with Crippen LogP contribution < -0.4 is 5.32 Å². The van der Waals surface area contributed by atoms with Gasteiger partial charge in [0.25, 0.3) is 0 Å². The number of benzene rings is 1. The summed E-state index contributed by atoms with van der Waals surface area (Å²) in [5.41, 5.74) is 0.770. The Morgan fingerprint density at radius 2 is 2.00 bits per heavy atom. The van der Waals surface area contributed by atoms with Gasteiger partial charge in [0.05, 0.1) is 6.73 Å². The fourth-order valence-corrected chi connectivity index (χ4v) is 1.14. The first kappa shape index (κ1) is 14.1. The van der Waals surface area contributed by atoms with Crippen molar-refractivity contribution in [1.29, 1.82) is 0 Å². The minimum atomic E-state index is 0. The van der Waals surface area contributed by atoms with E-state index in [1.807, 2.05) is 30.3 Å². The molecule has 0 fully saturated rings. The zero-order chi connectivity index (χ0) is 10.2.